The monoisotopic (exact) mass is 295 g/mol. The van der Waals surface area contributed by atoms with Crippen molar-refractivity contribution in [1.29, 1.82) is 0 Å². The predicted octanol–water partition coefficient (Wildman–Crippen LogP) is 0.912. The van der Waals surface area contributed by atoms with Crippen LogP contribution in [0.5, 0.6) is 0 Å². The quantitative estimate of drug-likeness (QED) is 0.726. The van der Waals surface area contributed by atoms with Gasteiger partial charge in [0.1, 0.15) is 12.1 Å². The van der Waals surface area contributed by atoms with Gasteiger partial charge in [-0.3, -0.25) is 9.69 Å². The van der Waals surface area contributed by atoms with Crippen molar-refractivity contribution in [2.24, 2.45) is 0 Å². The Balaban J connectivity index is 1.54. The van der Waals surface area contributed by atoms with E-state index in [1.54, 1.807) is 0 Å². The molecule has 0 N–H and O–H groups in total. The molecule has 3 fully saturated rings. The van der Waals surface area contributed by atoms with Gasteiger partial charge in [-0.2, -0.15) is 0 Å². The van der Waals surface area contributed by atoms with Gasteiger partial charge < -0.3 is 14.5 Å². The van der Waals surface area contributed by atoms with E-state index in [0.29, 0.717) is 6.04 Å². The third-order valence-electron chi connectivity index (χ3n) is 5.03. The van der Waals surface area contributed by atoms with Crippen LogP contribution >= 0.6 is 0 Å². The molecule has 21 heavy (non-hydrogen) atoms. The molecule has 2 amide bonds. The van der Waals surface area contributed by atoms with Gasteiger partial charge in [-0.1, -0.05) is 0 Å². The molecule has 0 aromatic heterocycles. The van der Waals surface area contributed by atoms with Gasteiger partial charge >= 0.3 is 12.0 Å². The van der Waals surface area contributed by atoms with Crippen molar-refractivity contribution in [3.05, 3.63) is 0 Å². The highest BCUT2D eigenvalue weighted by molar-refractivity contribution is 5.78. The third-order valence-corrected chi connectivity index (χ3v) is 5.03. The molecule has 3 heterocycles. The summed E-state index contributed by atoms with van der Waals surface area (Å²) in [6.45, 7) is 8.23. The molecule has 0 aromatic carbocycles. The maximum atomic E-state index is 12.2. The zero-order chi connectivity index (χ0) is 15.0. The molecule has 6 nitrogen and oxygen atoms in total. The molecule has 0 unspecified atom stereocenters. The lowest BCUT2D eigenvalue weighted by Crippen LogP contribution is -2.50. The minimum Gasteiger partial charge on any atom is -0.461 e. The van der Waals surface area contributed by atoms with Crippen molar-refractivity contribution >= 4 is 12.0 Å². The average Bonchev–Trinajstić information content (AvgIpc) is 3.01. The number of likely N-dealkylation sites (tertiary alicyclic amines) is 1. The molecule has 3 rings (SSSR count). The van der Waals surface area contributed by atoms with Crippen molar-refractivity contribution in [3.8, 4) is 0 Å². The average molecular weight is 295 g/mol. The Morgan fingerprint density at radius 1 is 1.14 bits per heavy atom. The number of amides is 2. The van der Waals surface area contributed by atoms with Crippen LogP contribution in [0, 0.1) is 0 Å². The Hall–Kier alpha value is -1.30. The van der Waals surface area contributed by atoms with Gasteiger partial charge in [0.05, 0.1) is 0 Å². The second-order valence-corrected chi connectivity index (χ2v) is 6.32. The lowest BCUT2D eigenvalue weighted by molar-refractivity contribution is -0.145. The Kier molecular flexibility index (Phi) is 4.06. The van der Waals surface area contributed by atoms with Gasteiger partial charge in [0.15, 0.2) is 0 Å². The van der Waals surface area contributed by atoms with E-state index in [2.05, 4.69) is 4.90 Å². The van der Waals surface area contributed by atoms with E-state index < -0.39 is 0 Å². The maximum Gasteiger partial charge on any atom is 0.323 e. The number of carbonyl (C=O) groups is 2. The summed E-state index contributed by atoms with van der Waals surface area (Å²) in [6, 6.07) is 0.451. The molecule has 2 atom stereocenters. The smallest absolute Gasteiger partial charge is 0.323 e. The molecule has 0 spiro atoms. The van der Waals surface area contributed by atoms with E-state index in [4.69, 9.17) is 4.74 Å². The van der Waals surface area contributed by atoms with E-state index in [1.165, 1.54) is 0 Å². The summed E-state index contributed by atoms with van der Waals surface area (Å²) in [5.74, 6) is -0.0737. The largest absolute Gasteiger partial charge is 0.461 e. The van der Waals surface area contributed by atoms with Gasteiger partial charge in [0.25, 0.3) is 0 Å². The first-order chi connectivity index (χ1) is 10.1. The molecular weight excluding hydrogens is 270 g/mol. The van der Waals surface area contributed by atoms with Crippen molar-refractivity contribution in [1.82, 2.24) is 14.7 Å². The molecule has 0 radical (unpaired) electrons. The summed E-state index contributed by atoms with van der Waals surface area (Å²) in [6.07, 6.45) is 2.76. The zero-order valence-electron chi connectivity index (χ0n) is 13.0. The first-order valence-electron chi connectivity index (χ1n) is 8.10. The van der Waals surface area contributed by atoms with Crippen LogP contribution in [0.1, 0.15) is 33.1 Å². The number of piperidine rings is 1. The van der Waals surface area contributed by atoms with Gasteiger partial charge in [0, 0.05) is 45.2 Å². The van der Waals surface area contributed by atoms with Crippen LogP contribution in [-0.4, -0.2) is 77.6 Å². The van der Waals surface area contributed by atoms with Crippen LogP contribution < -0.4 is 0 Å². The summed E-state index contributed by atoms with van der Waals surface area (Å²) in [5, 5.41) is 0. The molecule has 0 aromatic rings. The Labute approximate surface area is 126 Å². The molecule has 118 valence electrons. The number of carbonyl (C=O) groups excluding carboxylic acids is 2. The number of urea groups is 1. The van der Waals surface area contributed by atoms with E-state index in [-0.39, 0.29) is 24.1 Å². The van der Waals surface area contributed by atoms with Gasteiger partial charge in [-0.15, -0.1) is 0 Å². The van der Waals surface area contributed by atoms with Crippen LogP contribution in [-0.2, 0) is 9.53 Å². The minimum atomic E-state index is -0.0737. The third kappa shape index (κ3) is 2.73. The highest BCUT2D eigenvalue weighted by Crippen LogP contribution is 2.26. The SMILES string of the molecule is CCN1CCN(C2CCN([C@H]3C[C@@H](C)OC3=O)CC2)C1=O. The fourth-order valence-corrected chi connectivity index (χ4v) is 3.78. The minimum absolute atomic E-state index is 0.0403. The lowest BCUT2D eigenvalue weighted by Gasteiger charge is -2.38. The van der Waals surface area contributed by atoms with E-state index in [9.17, 15) is 9.59 Å². The van der Waals surface area contributed by atoms with E-state index >= 15 is 0 Å². The molecule has 0 aliphatic carbocycles. The second kappa shape index (κ2) is 5.83. The highest BCUT2D eigenvalue weighted by Gasteiger charge is 2.40. The fraction of sp³-hybridized carbons (Fsp3) is 0.867. The van der Waals surface area contributed by atoms with Crippen LogP contribution in [0.3, 0.4) is 0 Å². The number of hydrogen-bond donors (Lipinski definition) is 0. The number of rotatable bonds is 3. The van der Waals surface area contributed by atoms with Crippen molar-refractivity contribution in [3.63, 3.8) is 0 Å². The van der Waals surface area contributed by atoms with E-state index in [0.717, 1.165) is 52.0 Å². The topological polar surface area (TPSA) is 53.1 Å². The number of likely N-dealkylation sites (N-methyl/N-ethyl adjacent to an activating group) is 1. The molecule has 6 heteroatoms. The number of cyclic esters (lactones) is 1. The van der Waals surface area contributed by atoms with Gasteiger partial charge in [-0.25, -0.2) is 4.79 Å². The van der Waals surface area contributed by atoms with Gasteiger partial charge in [-0.05, 0) is 26.7 Å². The number of nitrogens with zero attached hydrogens (tertiary/aromatic N) is 3. The summed E-state index contributed by atoms with van der Waals surface area (Å²) >= 11 is 0. The Morgan fingerprint density at radius 2 is 1.86 bits per heavy atom. The second-order valence-electron chi connectivity index (χ2n) is 6.32. The van der Waals surface area contributed by atoms with Crippen LogP contribution in [0.4, 0.5) is 4.79 Å². The summed E-state index contributed by atoms with van der Waals surface area (Å²) in [4.78, 5) is 30.2. The molecule has 3 aliphatic heterocycles. The molecule has 0 saturated carbocycles. The van der Waals surface area contributed by atoms with Crippen molar-refractivity contribution in [2.45, 2.75) is 51.3 Å². The fourth-order valence-electron chi connectivity index (χ4n) is 3.78. The Morgan fingerprint density at radius 3 is 2.38 bits per heavy atom. The summed E-state index contributed by atoms with van der Waals surface area (Å²) in [5.41, 5.74) is 0. The molecule has 0 bridgehead atoms. The molecule has 3 saturated heterocycles. The molecule has 3 aliphatic rings. The first kappa shape index (κ1) is 14.6. The van der Waals surface area contributed by atoms with Crippen LogP contribution in [0.15, 0.2) is 0 Å². The summed E-state index contributed by atoms with van der Waals surface area (Å²) < 4.78 is 5.25. The summed E-state index contributed by atoms with van der Waals surface area (Å²) in [7, 11) is 0. The first-order valence-corrected chi connectivity index (χ1v) is 8.10. The van der Waals surface area contributed by atoms with E-state index in [1.807, 2.05) is 23.6 Å². The van der Waals surface area contributed by atoms with Crippen LogP contribution in [0.2, 0.25) is 0 Å². The number of ether oxygens (including phenoxy) is 1. The van der Waals surface area contributed by atoms with Crippen molar-refractivity contribution in [2.75, 3.05) is 32.7 Å². The lowest BCUT2D eigenvalue weighted by atomic mass is 10.0. The van der Waals surface area contributed by atoms with Crippen LogP contribution in [0.25, 0.3) is 0 Å². The standard InChI is InChI=1S/C15H25N3O3/c1-3-16-8-9-18(15(16)20)12-4-6-17(7-5-12)13-10-11(2)21-14(13)19/h11-13H,3-10H2,1-2H3/t11-,13+/m1/s1. The maximum absolute atomic E-state index is 12.2. The normalized spacial score (nSPS) is 32.1. The zero-order valence-corrected chi connectivity index (χ0v) is 13.0. The predicted molar refractivity (Wildman–Crippen MR) is 77.9 cm³/mol. The number of hydrogen-bond acceptors (Lipinski definition) is 4. The molecular formula is C15H25N3O3. The van der Waals surface area contributed by atoms with Crippen molar-refractivity contribution < 1.29 is 14.3 Å². The van der Waals surface area contributed by atoms with Gasteiger partial charge in [0.2, 0.25) is 0 Å². The highest BCUT2D eigenvalue weighted by atomic mass is 16.6. The Bertz CT molecular complexity index is 420. The number of esters is 1.